The Morgan fingerprint density at radius 2 is 1.63 bits per heavy atom. The number of rotatable bonds is 1. The van der Waals surface area contributed by atoms with Gasteiger partial charge in [-0.05, 0) is 17.7 Å². The smallest absolute Gasteiger partial charge is 0.408 e. The SMILES string of the molecule is FC(F)(F)C(Cl)c1ccc2c(c1)oc1ccccc12. The van der Waals surface area contributed by atoms with Gasteiger partial charge in [0.05, 0.1) is 0 Å². The zero-order valence-corrected chi connectivity index (χ0v) is 10.3. The van der Waals surface area contributed by atoms with Gasteiger partial charge in [-0.1, -0.05) is 30.3 Å². The molecule has 1 nitrogen and oxygen atoms in total. The van der Waals surface area contributed by atoms with E-state index in [0.29, 0.717) is 11.2 Å². The predicted octanol–water partition coefficient (Wildman–Crippen LogP) is 5.43. The van der Waals surface area contributed by atoms with Crippen LogP contribution < -0.4 is 0 Å². The number of alkyl halides is 4. The van der Waals surface area contributed by atoms with Crippen LogP contribution in [0.4, 0.5) is 13.2 Å². The minimum atomic E-state index is -4.47. The van der Waals surface area contributed by atoms with Gasteiger partial charge in [0, 0.05) is 10.8 Å². The molecule has 0 aliphatic carbocycles. The van der Waals surface area contributed by atoms with Crippen molar-refractivity contribution in [3.8, 4) is 0 Å². The average molecular weight is 285 g/mol. The fraction of sp³-hybridized carbons (Fsp3) is 0.143. The van der Waals surface area contributed by atoms with Crippen LogP contribution >= 0.6 is 11.6 Å². The minimum Gasteiger partial charge on any atom is -0.456 e. The van der Waals surface area contributed by atoms with Gasteiger partial charge in [-0.3, -0.25) is 0 Å². The molecule has 3 aromatic rings. The Morgan fingerprint density at radius 3 is 2.37 bits per heavy atom. The van der Waals surface area contributed by atoms with Gasteiger partial charge >= 0.3 is 6.18 Å². The molecule has 1 unspecified atom stereocenters. The van der Waals surface area contributed by atoms with E-state index in [-0.39, 0.29) is 5.56 Å². The second-order valence-corrected chi connectivity index (χ2v) is 4.69. The molecule has 0 spiro atoms. The molecule has 2 aromatic carbocycles. The zero-order chi connectivity index (χ0) is 13.6. The monoisotopic (exact) mass is 284 g/mol. The lowest BCUT2D eigenvalue weighted by Gasteiger charge is -2.13. The normalized spacial score (nSPS) is 14.1. The number of hydrogen-bond donors (Lipinski definition) is 0. The van der Waals surface area contributed by atoms with Crippen LogP contribution in [0.25, 0.3) is 21.9 Å². The Morgan fingerprint density at radius 1 is 0.947 bits per heavy atom. The molecule has 0 aliphatic rings. The molecule has 1 heterocycles. The van der Waals surface area contributed by atoms with Crippen molar-refractivity contribution < 1.29 is 17.6 Å². The highest BCUT2D eigenvalue weighted by Crippen LogP contribution is 2.40. The summed E-state index contributed by atoms with van der Waals surface area (Å²) in [5, 5.41) is -0.363. The molecule has 19 heavy (non-hydrogen) atoms. The van der Waals surface area contributed by atoms with E-state index < -0.39 is 11.6 Å². The largest absolute Gasteiger partial charge is 0.456 e. The molecular weight excluding hydrogens is 277 g/mol. The highest BCUT2D eigenvalue weighted by atomic mass is 35.5. The second kappa shape index (κ2) is 4.17. The molecule has 98 valence electrons. The number of para-hydroxylation sites is 1. The Hall–Kier alpha value is -1.68. The van der Waals surface area contributed by atoms with E-state index in [1.165, 1.54) is 12.1 Å². The molecule has 3 rings (SSSR count). The highest BCUT2D eigenvalue weighted by molar-refractivity contribution is 6.21. The van der Waals surface area contributed by atoms with Crippen molar-refractivity contribution in [2.45, 2.75) is 11.6 Å². The van der Waals surface area contributed by atoms with Crippen molar-refractivity contribution in [2.75, 3.05) is 0 Å². The van der Waals surface area contributed by atoms with Crippen molar-refractivity contribution >= 4 is 33.5 Å². The van der Waals surface area contributed by atoms with Gasteiger partial charge in [-0.2, -0.15) is 13.2 Å². The van der Waals surface area contributed by atoms with Gasteiger partial charge in [0.2, 0.25) is 0 Å². The van der Waals surface area contributed by atoms with Crippen molar-refractivity contribution in [3.05, 3.63) is 48.0 Å². The van der Waals surface area contributed by atoms with Crippen LogP contribution in [0, 0.1) is 0 Å². The summed E-state index contributed by atoms with van der Waals surface area (Å²) in [7, 11) is 0. The molecule has 0 bridgehead atoms. The summed E-state index contributed by atoms with van der Waals surface area (Å²) in [6.07, 6.45) is -4.47. The second-order valence-electron chi connectivity index (χ2n) is 4.26. The quantitative estimate of drug-likeness (QED) is 0.543. The van der Waals surface area contributed by atoms with Gasteiger partial charge in [0.15, 0.2) is 5.38 Å². The summed E-state index contributed by atoms with van der Waals surface area (Å²) in [5.41, 5.74) is 1.04. The fourth-order valence-electron chi connectivity index (χ4n) is 2.09. The molecule has 0 saturated heterocycles. The fourth-order valence-corrected chi connectivity index (χ4v) is 2.22. The molecule has 1 atom stereocenters. The van der Waals surface area contributed by atoms with E-state index in [0.717, 1.165) is 10.8 Å². The van der Waals surface area contributed by atoms with Crippen LogP contribution in [-0.2, 0) is 0 Å². The molecule has 0 amide bonds. The Balaban J connectivity index is 2.19. The van der Waals surface area contributed by atoms with Gasteiger partial charge < -0.3 is 4.42 Å². The van der Waals surface area contributed by atoms with E-state index in [2.05, 4.69) is 0 Å². The number of halogens is 4. The summed E-state index contributed by atoms with van der Waals surface area (Å²) >= 11 is 5.41. The summed E-state index contributed by atoms with van der Waals surface area (Å²) in [6, 6.07) is 11.6. The molecule has 5 heteroatoms. The van der Waals surface area contributed by atoms with Crippen molar-refractivity contribution in [1.29, 1.82) is 0 Å². The van der Waals surface area contributed by atoms with Crippen LogP contribution in [0.5, 0.6) is 0 Å². The van der Waals surface area contributed by atoms with E-state index in [1.54, 1.807) is 12.1 Å². The van der Waals surface area contributed by atoms with Gasteiger partial charge in [-0.25, -0.2) is 0 Å². The Bertz CT molecular complexity index is 745. The third kappa shape index (κ3) is 2.06. The number of benzene rings is 2. The van der Waals surface area contributed by atoms with Crippen LogP contribution in [0.15, 0.2) is 46.9 Å². The first kappa shape index (κ1) is 12.4. The maximum Gasteiger partial charge on any atom is 0.408 e. The third-order valence-corrected chi connectivity index (χ3v) is 3.48. The molecule has 0 radical (unpaired) electrons. The van der Waals surface area contributed by atoms with Crippen molar-refractivity contribution in [3.63, 3.8) is 0 Å². The predicted molar refractivity (Wildman–Crippen MR) is 68.4 cm³/mol. The van der Waals surface area contributed by atoms with E-state index in [9.17, 15) is 13.2 Å². The Kier molecular flexibility index (Phi) is 2.71. The van der Waals surface area contributed by atoms with Crippen LogP contribution in [-0.4, -0.2) is 6.18 Å². The standard InChI is InChI=1S/C14H8ClF3O/c15-13(14(16,17)18)8-5-6-10-9-3-1-2-4-11(9)19-12(10)7-8/h1-7,13H. The molecule has 0 N–H and O–H groups in total. The van der Waals surface area contributed by atoms with Crippen molar-refractivity contribution in [2.24, 2.45) is 0 Å². The summed E-state index contributed by atoms with van der Waals surface area (Å²) in [5.74, 6) is 0. The highest BCUT2D eigenvalue weighted by Gasteiger charge is 2.39. The van der Waals surface area contributed by atoms with Gasteiger partial charge in [-0.15, -0.1) is 11.6 Å². The first-order chi connectivity index (χ1) is 8.97. The van der Waals surface area contributed by atoms with Crippen LogP contribution in [0.3, 0.4) is 0 Å². The van der Waals surface area contributed by atoms with E-state index in [1.807, 2.05) is 18.2 Å². The lowest BCUT2D eigenvalue weighted by atomic mass is 10.1. The molecule has 0 aliphatic heterocycles. The van der Waals surface area contributed by atoms with Gasteiger partial charge in [0.25, 0.3) is 0 Å². The molecule has 0 saturated carbocycles. The number of hydrogen-bond acceptors (Lipinski definition) is 1. The van der Waals surface area contributed by atoms with Crippen LogP contribution in [0.1, 0.15) is 10.9 Å². The van der Waals surface area contributed by atoms with Gasteiger partial charge in [0.1, 0.15) is 11.2 Å². The maximum atomic E-state index is 12.6. The zero-order valence-electron chi connectivity index (χ0n) is 9.54. The summed E-state index contributed by atoms with van der Waals surface area (Å²) in [6.45, 7) is 0. The first-order valence-electron chi connectivity index (χ1n) is 5.59. The number of furan rings is 1. The first-order valence-corrected chi connectivity index (χ1v) is 6.02. The summed E-state index contributed by atoms with van der Waals surface area (Å²) < 4.78 is 43.3. The van der Waals surface area contributed by atoms with Crippen molar-refractivity contribution in [1.82, 2.24) is 0 Å². The summed E-state index contributed by atoms with van der Waals surface area (Å²) in [4.78, 5) is 0. The lowest BCUT2D eigenvalue weighted by molar-refractivity contribution is -0.131. The lowest BCUT2D eigenvalue weighted by Crippen LogP contribution is -2.15. The molecule has 0 fully saturated rings. The third-order valence-electron chi connectivity index (χ3n) is 2.98. The molecular formula is C14H8ClF3O. The average Bonchev–Trinajstić information content (AvgIpc) is 2.74. The topological polar surface area (TPSA) is 13.1 Å². The van der Waals surface area contributed by atoms with Crippen LogP contribution in [0.2, 0.25) is 0 Å². The number of fused-ring (bicyclic) bond motifs is 3. The maximum absolute atomic E-state index is 12.6. The minimum absolute atomic E-state index is 0.0132. The van der Waals surface area contributed by atoms with E-state index >= 15 is 0 Å². The Labute approximate surface area is 111 Å². The molecule has 1 aromatic heterocycles. The van der Waals surface area contributed by atoms with E-state index in [4.69, 9.17) is 16.0 Å².